The molecule has 0 atom stereocenters. The summed E-state index contributed by atoms with van der Waals surface area (Å²) in [5, 5.41) is 3.39. The number of esters is 1. The predicted octanol–water partition coefficient (Wildman–Crippen LogP) is 3.97. The molecule has 0 saturated carbocycles. The molecule has 0 bridgehead atoms. The zero-order chi connectivity index (χ0) is 18.8. The first-order chi connectivity index (χ1) is 12.4. The maximum absolute atomic E-state index is 12.4. The number of thiophene rings is 1. The zero-order valence-electron chi connectivity index (χ0n) is 15.5. The molecule has 2 aromatic rings. The van der Waals surface area contributed by atoms with Gasteiger partial charge in [0.25, 0.3) is 5.91 Å². The van der Waals surface area contributed by atoms with Gasteiger partial charge in [-0.05, 0) is 68.4 Å². The zero-order valence-corrected chi connectivity index (χ0v) is 16.3. The van der Waals surface area contributed by atoms with Crippen molar-refractivity contribution in [3.63, 3.8) is 0 Å². The SMILES string of the molecule is COC(=O)c1c(NC(=O)COc2cc(C)cc(C)c2C)sc2c1CCC2. The Hall–Kier alpha value is -2.34. The van der Waals surface area contributed by atoms with Gasteiger partial charge in [-0.2, -0.15) is 0 Å². The highest BCUT2D eigenvalue weighted by Gasteiger charge is 2.28. The van der Waals surface area contributed by atoms with Gasteiger partial charge in [0.15, 0.2) is 6.61 Å². The molecule has 1 aromatic heterocycles. The van der Waals surface area contributed by atoms with Gasteiger partial charge >= 0.3 is 5.97 Å². The van der Waals surface area contributed by atoms with Crippen LogP contribution in [-0.4, -0.2) is 25.6 Å². The van der Waals surface area contributed by atoms with Gasteiger partial charge in [0.1, 0.15) is 10.8 Å². The number of ether oxygens (including phenoxy) is 2. The van der Waals surface area contributed by atoms with E-state index in [-0.39, 0.29) is 12.5 Å². The van der Waals surface area contributed by atoms with Crippen LogP contribution in [0.3, 0.4) is 0 Å². The van der Waals surface area contributed by atoms with Crippen LogP contribution in [0.25, 0.3) is 0 Å². The summed E-state index contributed by atoms with van der Waals surface area (Å²) in [6.07, 6.45) is 2.83. The molecule has 3 rings (SSSR count). The Balaban J connectivity index is 1.72. The summed E-state index contributed by atoms with van der Waals surface area (Å²) in [5.41, 5.74) is 4.76. The first-order valence-corrected chi connectivity index (χ1v) is 9.45. The fourth-order valence-corrected chi connectivity index (χ4v) is 4.56. The number of nitrogens with one attached hydrogen (secondary N) is 1. The number of carbonyl (C=O) groups is 2. The highest BCUT2D eigenvalue weighted by molar-refractivity contribution is 7.17. The second kappa shape index (κ2) is 7.50. The minimum atomic E-state index is -0.397. The fraction of sp³-hybridized carbons (Fsp3) is 0.400. The highest BCUT2D eigenvalue weighted by Crippen LogP contribution is 2.39. The normalized spacial score (nSPS) is 12.6. The van der Waals surface area contributed by atoms with E-state index in [2.05, 4.69) is 11.4 Å². The van der Waals surface area contributed by atoms with Crippen LogP contribution in [0.2, 0.25) is 0 Å². The van der Waals surface area contributed by atoms with Crippen molar-refractivity contribution in [2.75, 3.05) is 19.0 Å². The number of aryl methyl sites for hydroxylation is 3. The average molecular weight is 373 g/mol. The molecule has 1 N–H and O–H groups in total. The first-order valence-electron chi connectivity index (χ1n) is 8.64. The lowest BCUT2D eigenvalue weighted by Crippen LogP contribution is -2.21. The molecule has 138 valence electrons. The van der Waals surface area contributed by atoms with Gasteiger partial charge in [-0.25, -0.2) is 4.79 Å². The molecule has 1 aliphatic carbocycles. The fourth-order valence-electron chi connectivity index (χ4n) is 3.27. The molecule has 0 radical (unpaired) electrons. The Morgan fingerprint density at radius 1 is 1.19 bits per heavy atom. The summed E-state index contributed by atoms with van der Waals surface area (Å²) >= 11 is 1.46. The van der Waals surface area contributed by atoms with Crippen molar-refractivity contribution >= 4 is 28.2 Å². The molecule has 1 aliphatic rings. The van der Waals surface area contributed by atoms with Gasteiger partial charge in [-0.3, -0.25) is 4.79 Å². The minimum absolute atomic E-state index is 0.104. The number of fused-ring (bicyclic) bond motifs is 1. The molecule has 6 heteroatoms. The van der Waals surface area contributed by atoms with Gasteiger partial charge in [0.2, 0.25) is 0 Å². The molecule has 0 spiro atoms. The van der Waals surface area contributed by atoms with Gasteiger partial charge in [0, 0.05) is 4.88 Å². The van der Waals surface area contributed by atoms with E-state index < -0.39 is 5.97 Å². The van der Waals surface area contributed by atoms with E-state index in [0.29, 0.717) is 16.3 Å². The summed E-state index contributed by atoms with van der Waals surface area (Å²) in [5.74, 6) is 0.0268. The Kier molecular flexibility index (Phi) is 5.32. The third-order valence-electron chi connectivity index (χ3n) is 4.69. The van der Waals surface area contributed by atoms with Crippen LogP contribution in [0.4, 0.5) is 5.00 Å². The summed E-state index contributed by atoms with van der Waals surface area (Å²) in [7, 11) is 1.36. The molecule has 1 amide bonds. The van der Waals surface area contributed by atoms with Crippen molar-refractivity contribution in [3.05, 3.63) is 44.8 Å². The van der Waals surface area contributed by atoms with Crippen LogP contribution >= 0.6 is 11.3 Å². The Morgan fingerprint density at radius 2 is 1.96 bits per heavy atom. The second-order valence-corrected chi connectivity index (χ2v) is 7.70. The molecule has 26 heavy (non-hydrogen) atoms. The number of hydrogen-bond donors (Lipinski definition) is 1. The molecule has 0 aliphatic heterocycles. The first kappa shape index (κ1) is 18.5. The number of carbonyl (C=O) groups excluding carboxylic acids is 2. The number of benzene rings is 1. The minimum Gasteiger partial charge on any atom is -0.483 e. The number of hydrogen-bond acceptors (Lipinski definition) is 5. The van der Waals surface area contributed by atoms with Crippen molar-refractivity contribution in [2.24, 2.45) is 0 Å². The third kappa shape index (κ3) is 3.60. The third-order valence-corrected chi connectivity index (χ3v) is 5.89. The molecule has 0 saturated heterocycles. The van der Waals surface area contributed by atoms with E-state index in [1.54, 1.807) is 0 Å². The number of methoxy groups -OCH3 is 1. The molecule has 5 nitrogen and oxygen atoms in total. The molecular formula is C20H23NO4S. The van der Waals surface area contributed by atoms with Crippen molar-refractivity contribution in [3.8, 4) is 5.75 Å². The van der Waals surface area contributed by atoms with Crippen molar-refractivity contribution in [1.29, 1.82) is 0 Å². The Morgan fingerprint density at radius 3 is 2.69 bits per heavy atom. The van der Waals surface area contributed by atoms with E-state index in [9.17, 15) is 9.59 Å². The summed E-state index contributed by atoms with van der Waals surface area (Å²) in [6, 6.07) is 4.01. The van der Waals surface area contributed by atoms with Gasteiger partial charge in [-0.1, -0.05) is 6.07 Å². The molecule has 0 fully saturated rings. The Labute approximate surface area is 157 Å². The van der Waals surface area contributed by atoms with Crippen LogP contribution < -0.4 is 10.1 Å². The predicted molar refractivity (Wildman–Crippen MR) is 102 cm³/mol. The number of amides is 1. The molecule has 1 heterocycles. The van der Waals surface area contributed by atoms with Gasteiger partial charge in [-0.15, -0.1) is 11.3 Å². The van der Waals surface area contributed by atoms with Crippen LogP contribution in [0.15, 0.2) is 12.1 Å². The molecule has 0 unspecified atom stereocenters. The maximum atomic E-state index is 12.4. The Bertz CT molecular complexity index is 869. The molecular weight excluding hydrogens is 350 g/mol. The highest BCUT2D eigenvalue weighted by atomic mass is 32.1. The maximum Gasteiger partial charge on any atom is 0.341 e. The largest absolute Gasteiger partial charge is 0.483 e. The quantitative estimate of drug-likeness (QED) is 0.806. The van der Waals surface area contributed by atoms with Crippen LogP contribution in [0, 0.1) is 20.8 Å². The monoisotopic (exact) mass is 373 g/mol. The van der Waals surface area contributed by atoms with Crippen LogP contribution in [-0.2, 0) is 22.4 Å². The van der Waals surface area contributed by atoms with Gasteiger partial charge < -0.3 is 14.8 Å². The lowest BCUT2D eigenvalue weighted by atomic mass is 10.1. The summed E-state index contributed by atoms with van der Waals surface area (Å²) in [4.78, 5) is 25.7. The van der Waals surface area contributed by atoms with Crippen LogP contribution in [0.1, 0.15) is 43.9 Å². The number of rotatable bonds is 5. The number of anilines is 1. The average Bonchev–Trinajstić information content (AvgIpc) is 3.16. The standard InChI is InChI=1S/C20H23NO4S/c1-11-8-12(2)13(3)15(9-11)25-10-17(22)21-19-18(20(23)24-4)14-6-5-7-16(14)26-19/h8-9H,5-7,10H2,1-4H3,(H,21,22). The van der Waals surface area contributed by atoms with E-state index in [1.807, 2.05) is 26.8 Å². The topological polar surface area (TPSA) is 64.6 Å². The summed E-state index contributed by atoms with van der Waals surface area (Å²) < 4.78 is 10.6. The van der Waals surface area contributed by atoms with Crippen molar-refractivity contribution in [2.45, 2.75) is 40.0 Å². The van der Waals surface area contributed by atoms with Crippen molar-refractivity contribution < 1.29 is 19.1 Å². The van der Waals surface area contributed by atoms with Gasteiger partial charge in [0.05, 0.1) is 12.7 Å². The van der Waals surface area contributed by atoms with Crippen LogP contribution in [0.5, 0.6) is 5.75 Å². The lowest BCUT2D eigenvalue weighted by Gasteiger charge is -2.12. The second-order valence-electron chi connectivity index (χ2n) is 6.59. The van der Waals surface area contributed by atoms with E-state index in [0.717, 1.165) is 46.4 Å². The summed E-state index contributed by atoms with van der Waals surface area (Å²) in [6.45, 7) is 5.88. The molecule has 1 aromatic carbocycles. The van der Waals surface area contributed by atoms with E-state index >= 15 is 0 Å². The van der Waals surface area contributed by atoms with E-state index in [4.69, 9.17) is 9.47 Å². The smallest absolute Gasteiger partial charge is 0.341 e. The van der Waals surface area contributed by atoms with Crippen molar-refractivity contribution in [1.82, 2.24) is 0 Å². The lowest BCUT2D eigenvalue weighted by molar-refractivity contribution is -0.118. The van der Waals surface area contributed by atoms with E-state index in [1.165, 1.54) is 18.4 Å².